The molecule has 2 aromatic carbocycles. The molecule has 0 bridgehead atoms. The number of hydrogen-bond acceptors (Lipinski definition) is 4. The molecular weight excluding hydrogens is 390 g/mol. The van der Waals surface area contributed by atoms with E-state index in [0.717, 1.165) is 12.8 Å². The van der Waals surface area contributed by atoms with E-state index in [0.29, 0.717) is 16.8 Å². The molecule has 1 atom stereocenters. The third-order valence-corrected chi connectivity index (χ3v) is 6.16. The number of fused-ring (bicyclic) bond motifs is 1. The predicted octanol–water partition coefficient (Wildman–Crippen LogP) is 5.05. The summed E-state index contributed by atoms with van der Waals surface area (Å²) in [7, 11) is 0. The van der Waals surface area contributed by atoms with Crippen LogP contribution < -0.4 is 5.32 Å². The lowest BCUT2D eigenvalue weighted by atomic mass is 9.63. The van der Waals surface area contributed by atoms with Gasteiger partial charge in [-0.05, 0) is 64.6 Å². The minimum Gasteiger partial charge on any atom is -0.458 e. The number of carbonyl (C=O) groups is 2. The Morgan fingerprint density at radius 2 is 1.68 bits per heavy atom. The van der Waals surface area contributed by atoms with Gasteiger partial charge in [0.05, 0.1) is 5.56 Å². The van der Waals surface area contributed by atoms with Crippen molar-refractivity contribution >= 4 is 17.6 Å². The van der Waals surface area contributed by atoms with E-state index in [-0.39, 0.29) is 17.4 Å². The summed E-state index contributed by atoms with van der Waals surface area (Å²) in [4.78, 5) is 24.5. The number of amides is 1. The fraction of sp³-hybridized carbons (Fsp3) is 0.385. The molecule has 2 aromatic rings. The number of carbonyl (C=O) groups excluding carboxylic acids is 2. The third-order valence-electron chi connectivity index (χ3n) is 6.16. The van der Waals surface area contributed by atoms with E-state index in [1.165, 1.54) is 17.2 Å². The van der Waals surface area contributed by atoms with Crippen molar-refractivity contribution in [3.63, 3.8) is 0 Å². The monoisotopic (exact) mass is 421 g/mol. The van der Waals surface area contributed by atoms with Gasteiger partial charge in [0, 0.05) is 5.69 Å². The number of aliphatic hydroxyl groups excluding tert-OH is 1. The number of benzene rings is 2. The lowest BCUT2D eigenvalue weighted by molar-refractivity contribution is -0.124. The molecule has 0 aliphatic heterocycles. The van der Waals surface area contributed by atoms with E-state index in [1.54, 1.807) is 24.3 Å². The molecule has 1 amide bonds. The SMILES string of the molecule is C=CCOC(=O)c1ccc(NC(=O)C(O)c2ccc3c(c2)C(C)(C)CCC3(C)C)cc1. The zero-order chi connectivity index (χ0) is 22.8. The van der Waals surface area contributed by atoms with Crippen molar-refractivity contribution in [2.75, 3.05) is 11.9 Å². The Morgan fingerprint density at radius 1 is 1.06 bits per heavy atom. The molecular formula is C26H31NO4. The number of anilines is 1. The van der Waals surface area contributed by atoms with Crippen LogP contribution in [0, 0.1) is 0 Å². The Bertz CT molecular complexity index is 989. The fourth-order valence-electron chi connectivity index (χ4n) is 4.05. The second kappa shape index (κ2) is 8.67. The van der Waals surface area contributed by atoms with Crippen LogP contribution in [0.25, 0.3) is 0 Å². The Labute approximate surface area is 184 Å². The van der Waals surface area contributed by atoms with Gasteiger partial charge in [0.15, 0.2) is 6.10 Å². The van der Waals surface area contributed by atoms with E-state index in [2.05, 4.69) is 39.6 Å². The lowest BCUT2D eigenvalue weighted by Crippen LogP contribution is -2.34. The van der Waals surface area contributed by atoms with Crippen LogP contribution in [0.1, 0.15) is 73.7 Å². The summed E-state index contributed by atoms with van der Waals surface area (Å²) in [6.07, 6.45) is 2.37. The van der Waals surface area contributed by atoms with Crippen LogP contribution in [0.2, 0.25) is 0 Å². The molecule has 0 spiro atoms. The van der Waals surface area contributed by atoms with Gasteiger partial charge in [-0.15, -0.1) is 0 Å². The normalized spacial score (nSPS) is 17.2. The van der Waals surface area contributed by atoms with E-state index >= 15 is 0 Å². The summed E-state index contributed by atoms with van der Waals surface area (Å²) in [6.45, 7) is 12.5. The average molecular weight is 422 g/mol. The average Bonchev–Trinajstić information content (AvgIpc) is 2.75. The van der Waals surface area contributed by atoms with Gasteiger partial charge in [0.25, 0.3) is 5.91 Å². The first-order valence-electron chi connectivity index (χ1n) is 10.6. The molecule has 164 valence electrons. The van der Waals surface area contributed by atoms with Crippen LogP contribution in [-0.2, 0) is 20.4 Å². The van der Waals surface area contributed by atoms with Gasteiger partial charge in [-0.25, -0.2) is 4.79 Å². The van der Waals surface area contributed by atoms with Crippen LogP contribution in [-0.4, -0.2) is 23.6 Å². The van der Waals surface area contributed by atoms with Crippen molar-refractivity contribution in [1.29, 1.82) is 0 Å². The standard InChI is InChI=1S/C26H31NO4/c1-6-15-31-24(30)17-7-10-19(11-8-17)27-23(29)22(28)18-9-12-20-21(16-18)26(4,5)14-13-25(20,2)3/h6-12,16,22,28H,1,13-15H2,2-5H3,(H,27,29). The highest BCUT2D eigenvalue weighted by molar-refractivity contribution is 5.95. The Morgan fingerprint density at radius 3 is 2.29 bits per heavy atom. The zero-order valence-electron chi connectivity index (χ0n) is 18.7. The van der Waals surface area contributed by atoms with E-state index in [1.807, 2.05) is 18.2 Å². The number of aliphatic hydroxyl groups is 1. The molecule has 0 saturated carbocycles. The Kier molecular flexibility index (Phi) is 6.37. The second-order valence-corrected chi connectivity index (χ2v) is 9.43. The number of esters is 1. The van der Waals surface area contributed by atoms with Crippen molar-refractivity contribution in [1.82, 2.24) is 0 Å². The quantitative estimate of drug-likeness (QED) is 0.505. The first kappa shape index (κ1) is 22.8. The first-order chi connectivity index (χ1) is 14.5. The highest BCUT2D eigenvalue weighted by Gasteiger charge is 2.37. The summed E-state index contributed by atoms with van der Waals surface area (Å²) in [6, 6.07) is 12.2. The van der Waals surface area contributed by atoms with Gasteiger partial charge in [0.2, 0.25) is 0 Å². The highest BCUT2D eigenvalue weighted by atomic mass is 16.5. The van der Waals surface area contributed by atoms with Crippen LogP contribution >= 0.6 is 0 Å². The maximum atomic E-state index is 12.7. The van der Waals surface area contributed by atoms with E-state index in [9.17, 15) is 14.7 Å². The van der Waals surface area contributed by atoms with Crippen molar-refractivity contribution < 1.29 is 19.4 Å². The molecule has 2 N–H and O–H groups in total. The molecule has 1 aliphatic carbocycles. The van der Waals surface area contributed by atoms with Gasteiger partial charge in [0.1, 0.15) is 6.61 Å². The molecule has 0 fully saturated rings. The molecule has 1 unspecified atom stereocenters. The fourth-order valence-corrected chi connectivity index (χ4v) is 4.05. The van der Waals surface area contributed by atoms with Gasteiger partial charge in [-0.1, -0.05) is 58.5 Å². The number of hydrogen-bond donors (Lipinski definition) is 2. The molecule has 5 heteroatoms. The minimum absolute atomic E-state index is 0.00685. The molecule has 1 aliphatic rings. The molecule has 31 heavy (non-hydrogen) atoms. The summed E-state index contributed by atoms with van der Waals surface area (Å²) in [5, 5.41) is 13.4. The topological polar surface area (TPSA) is 75.6 Å². The van der Waals surface area contributed by atoms with E-state index < -0.39 is 18.0 Å². The highest BCUT2D eigenvalue weighted by Crippen LogP contribution is 2.46. The molecule has 3 rings (SSSR count). The minimum atomic E-state index is -1.29. The van der Waals surface area contributed by atoms with Gasteiger partial charge in [-0.2, -0.15) is 0 Å². The van der Waals surface area contributed by atoms with Gasteiger partial charge < -0.3 is 15.2 Å². The van der Waals surface area contributed by atoms with Crippen molar-refractivity contribution in [3.8, 4) is 0 Å². The molecule has 0 aromatic heterocycles. The summed E-state index contributed by atoms with van der Waals surface area (Å²) in [5.41, 5.74) is 3.97. The summed E-state index contributed by atoms with van der Waals surface area (Å²) in [5.74, 6) is -0.979. The van der Waals surface area contributed by atoms with Gasteiger partial charge in [-0.3, -0.25) is 4.79 Å². The first-order valence-corrected chi connectivity index (χ1v) is 10.6. The third kappa shape index (κ3) is 4.88. The second-order valence-electron chi connectivity index (χ2n) is 9.43. The number of ether oxygens (including phenoxy) is 1. The molecule has 0 saturated heterocycles. The van der Waals surface area contributed by atoms with Crippen molar-refractivity contribution in [2.45, 2.75) is 57.5 Å². The van der Waals surface area contributed by atoms with Crippen LogP contribution in [0.15, 0.2) is 55.1 Å². The zero-order valence-corrected chi connectivity index (χ0v) is 18.7. The van der Waals surface area contributed by atoms with E-state index in [4.69, 9.17) is 4.74 Å². The molecule has 0 radical (unpaired) electrons. The predicted molar refractivity (Wildman–Crippen MR) is 122 cm³/mol. The smallest absolute Gasteiger partial charge is 0.338 e. The number of nitrogens with one attached hydrogen (secondary N) is 1. The van der Waals surface area contributed by atoms with Crippen molar-refractivity contribution in [3.05, 3.63) is 77.4 Å². The van der Waals surface area contributed by atoms with Crippen LogP contribution in [0.5, 0.6) is 0 Å². The van der Waals surface area contributed by atoms with Crippen molar-refractivity contribution in [2.24, 2.45) is 0 Å². The Hall–Kier alpha value is -2.92. The van der Waals surface area contributed by atoms with Crippen LogP contribution in [0.3, 0.4) is 0 Å². The largest absolute Gasteiger partial charge is 0.458 e. The molecule has 5 nitrogen and oxygen atoms in total. The number of rotatable bonds is 6. The maximum Gasteiger partial charge on any atom is 0.338 e. The maximum absolute atomic E-state index is 12.7. The lowest BCUT2D eigenvalue weighted by Gasteiger charge is -2.42. The summed E-state index contributed by atoms with van der Waals surface area (Å²) < 4.78 is 4.99. The summed E-state index contributed by atoms with van der Waals surface area (Å²) >= 11 is 0. The Balaban J connectivity index is 1.75. The molecule has 0 heterocycles. The van der Waals surface area contributed by atoms with Crippen LogP contribution in [0.4, 0.5) is 5.69 Å². The van der Waals surface area contributed by atoms with Gasteiger partial charge >= 0.3 is 5.97 Å².